The Labute approximate surface area is 248 Å². The molecular weight excluding hydrogens is 538 g/mol. The summed E-state index contributed by atoms with van der Waals surface area (Å²) in [4.78, 5) is 9.99. The zero-order valence-electron chi connectivity index (χ0n) is 23.0. The molecule has 7 rings (SSSR count). The fourth-order valence-corrected chi connectivity index (χ4v) is 6.50. The maximum absolute atomic E-state index is 9.38. The number of hydrogen-bond acceptors (Lipinski definition) is 6. The Hall–Kier alpha value is -5.25. The Morgan fingerprint density at radius 1 is 0.667 bits per heavy atom. The quantitative estimate of drug-likeness (QED) is 0.208. The van der Waals surface area contributed by atoms with Gasteiger partial charge in [-0.05, 0) is 71.8 Å². The molecule has 6 aromatic rings. The minimum Gasteiger partial charge on any atom is -0.497 e. The van der Waals surface area contributed by atoms with Crippen LogP contribution in [0.15, 0.2) is 125 Å². The monoisotopic (exact) mass is 563 g/mol. The Balaban J connectivity index is 1.54. The second-order valence-corrected chi connectivity index (χ2v) is 11.0. The molecule has 0 amide bonds. The van der Waals surface area contributed by atoms with E-state index in [1.165, 1.54) is 9.79 Å². The van der Waals surface area contributed by atoms with Crippen molar-refractivity contribution in [2.75, 3.05) is 19.1 Å². The number of anilines is 3. The molecule has 0 spiro atoms. The molecule has 5 nitrogen and oxygen atoms in total. The summed E-state index contributed by atoms with van der Waals surface area (Å²) in [7, 11) is 3.32. The number of benzene rings is 5. The highest BCUT2D eigenvalue weighted by atomic mass is 32.2. The highest BCUT2D eigenvalue weighted by molar-refractivity contribution is 7.99. The lowest BCUT2D eigenvalue weighted by Crippen LogP contribution is -2.15. The number of pyridine rings is 1. The molecule has 42 heavy (non-hydrogen) atoms. The topological polar surface area (TPSA) is 58.4 Å². The zero-order chi connectivity index (χ0) is 28.6. The SMILES string of the molecule is COc1cc(OC)cc(-c2cc(-c3ccc(C#N)cc3)nc3c(N4c5ccccc5Sc5ccccc54)cccc23)c1. The van der Waals surface area contributed by atoms with Gasteiger partial charge in [-0.15, -0.1) is 0 Å². The second-order valence-electron chi connectivity index (χ2n) is 9.89. The van der Waals surface area contributed by atoms with Gasteiger partial charge in [-0.3, -0.25) is 0 Å². The van der Waals surface area contributed by atoms with E-state index in [1.807, 2.05) is 42.5 Å². The molecule has 1 aromatic heterocycles. The number of methoxy groups -OCH3 is 2. The van der Waals surface area contributed by atoms with Crippen LogP contribution in [0.2, 0.25) is 0 Å². The summed E-state index contributed by atoms with van der Waals surface area (Å²) in [6.07, 6.45) is 0. The van der Waals surface area contributed by atoms with Crippen molar-refractivity contribution in [3.63, 3.8) is 0 Å². The largest absolute Gasteiger partial charge is 0.497 e. The number of ether oxygens (including phenoxy) is 2. The number of nitriles is 1. The van der Waals surface area contributed by atoms with E-state index in [0.717, 1.165) is 50.3 Å². The second kappa shape index (κ2) is 10.6. The molecule has 5 aromatic carbocycles. The first-order chi connectivity index (χ1) is 20.7. The van der Waals surface area contributed by atoms with E-state index in [9.17, 15) is 5.26 Å². The van der Waals surface area contributed by atoms with Crippen molar-refractivity contribution in [1.29, 1.82) is 5.26 Å². The van der Waals surface area contributed by atoms with Crippen LogP contribution in [-0.2, 0) is 0 Å². The van der Waals surface area contributed by atoms with Crippen LogP contribution in [0.25, 0.3) is 33.3 Å². The van der Waals surface area contributed by atoms with E-state index < -0.39 is 0 Å². The molecule has 1 aliphatic heterocycles. The number of rotatable bonds is 5. The smallest absolute Gasteiger partial charge is 0.123 e. The maximum Gasteiger partial charge on any atom is 0.123 e. The Morgan fingerprint density at radius 2 is 1.29 bits per heavy atom. The summed E-state index contributed by atoms with van der Waals surface area (Å²) in [6.45, 7) is 0. The van der Waals surface area contributed by atoms with Gasteiger partial charge in [0.05, 0.1) is 54.1 Å². The number of nitrogens with zero attached hydrogens (tertiary/aromatic N) is 3. The van der Waals surface area contributed by atoms with Gasteiger partial charge in [0.25, 0.3) is 0 Å². The van der Waals surface area contributed by atoms with Crippen LogP contribution in [0.1, 0.15) is 5.56 Å². The van der Waals surface area contributed by atoms with Crippen molar-refractivity contribution in [2.24, 2.45) is 0 Å². The van der Waals surface area contributed by atoms with Crippen LogP contribution >= 0.6 is 11.8 Å². The molecule has 0 radical (unpaired) electrons. The third kappa shape index (κ3) is 4.41. The van der Waals surface area contributed by atoms with E-state index in [4.69, 9.17) is 14.5 Å². The van der Waals surface area contributed by atoms with Crippen molar-refractivity contribution in [1.82, 2.24) is 4.98 Å². The van der Waals surface area contributed by atoms with Gasteiger partial charge in [0.1, 0.15) is 11.5 Å². The van der Waals surface area contributed by atoms with Crippen molar-refractivity contribution in [3.05, 3.63) is 121 Å². The summed E-state index contributed by atoms with van der Waals surface area (Å²) < 4.78 is 11.3. The molecule has 0 N–H and O–H groups in total. The third-order valence-electron chi connectivity index (χ3n) is 7.46. The molecule has 0 atom stereocenters. The lowest BCUT2D eigenvalue weighted by atomic mass is 9.96. The van der Waals surface area contributed by atoms with Gasteiger partial charge in [-0.2, -0.15) is 5.26 Å². The van der Waals surface area contributed by atoms with E-state index >= 15 is 0 Å². The predicted molar refractivity (Wildman–Crippen MR) is 169 cm³/mol. The molecule has 202 valence electrons. The van der Waals surface area contributed by atoms with Gasteiger partial charge in [-0.25, -0.2) is 4.98 Å². The van der Waals surface area contributed by atoms with Crippen LogP contribution < -0.4 is 14.4 Å². The lowest BCUT2D eigenvalue weighted by molar-refractivity contribution is 0.394. The fraction of sp³-hybridized carbons (Fsp3) is 0.0556. The zero-order valence-corrected chi connectivity index (χ0v) is 23.9. The molecule has 0 fully saturated rings. The normalized spacial score (nSPS) is 11.9. The number of hydrogen-bond donors (Lipinski definition) is 0. The third-order valence-corrected chi connectivity index (χ3v) is 8.59. The molecule has 2 heterocycles. The average molecular weight is 564 g/mol. The minimum absolute atomic E-state index is 0.608. The molecule has 0 bridgehead atoms. The molecule has 1 aliphatic rings. The first-order valence-corrected chi connectivity index (χ1v) is 14.3. The molecular formula is C36H25N3O2S. The maximum atomic E-state index is 9.38. The highest BCUT2D eigenvalue weighted by Gasteiger charge is 2.26. The van der Waals surface area contributed by atoms with E-state index in [1.54, 1.807) is 26.0 Å². The molecule has 0 unspecified atom stereocenters. The summed E-state index contributed by atoms with van der Waals surface area (Å²) in [5.41, 5.74) is 8.39. The summed E-state index contributed by atoms with van der Waals surface area (Å²) >= 11 is 1.78. The van der Waals surface area contributed by atoms with Gasteiger partial charge in [0, 0.05) is 26.8 Å². The van der Waals surface area contributed by atoms with Crippen molar-refractivity contribution >= 4 is 39.7 Å². The van der Waals surface area contributed by atoms with E-state index in [0.29, 0.717) is 17.1 Å². The first-order valence-electron chi connectivity index (χ1n) is 13.5. The standard InChI is InChI=1S/C36H25N3O2S/c1-40-26-18-25(19-27(20-26)41-2)29-21-30(24-16-14-23(22-37)15-17-24)38-36-28(29)8-7-11-33(36)39-31-9-3-5-12-34(31)42-35-13-6-4-10-32(35)39/h3-21H,1-2H3. The average Bonchev–Trinajstić information content (AvgIpc) is 3.06. The number of para-hydroxylation sites is 3. The van der Waals surface area contributed by atoms with Gasteiger partial charge >= 0.3 is 0 Å². The Morgan fingerprint density at radius 3 is 1.90 bits per heavy atom. The van der Waals surface area contributed by atoms with E-state index in [2.05, 4.69) is 83.8 Å². The first kappa shape index (κ1) is 25.7. The summed E-state index contributed by atoms with van der Waals surface area (Å²) in [5, 5.41) is 10.4. The fourth-order valence-electron chi connectivity index (χ4n) is 5.44. The van der Waals surface area contributed by atoms with Crippen LogP contribution in [0, 0.1) is 11.3 Å². The van der Waals surface area contributed by atoms with E-state index in [-0.39, 0.29) is 0 Å². The number of fused-ring (bicyclic) bond motifs is 3. The van der Waals surface area contributed by atoms with Crippen molar-refractivity contribution < 1.29 is 9.47 Å². The van der Waals surface area contributed by atoms with Gasteiger partial charge in [-0.1, -0.05) is 60.3 Å². The number of aromatic nitrogens is 1. The van der Waals surface area contributed by atoms with Crippen LogP contribution in [-0.4, -0.2) is 19.2 Å². The Kier molecular flexibility index (Phi) is 6.50. The highest BCUT2D eigenvalue weighted by Crippen LogP contribution is 2.52. The van der Waals surface area contributed by atoms with Gasteiger partial charge in [0.15, 0.2) is 0 Å². The predicted octanol–water partition coefficient (Wildman–Crippen LogP) is 9.39. The molecule has 0 saturated carbocycles. The van der Waals surface area contributed by atoms with Crippen LogP contribution in [0.5, 0.6) is 11.5 Å². The van der Waals surface area contributed by atoms with Gasteiger partial charge in [0.2, 0.25) is 0 Å². The molecule has 0 saturated heterocycles. The molecule has 0 aliphatic carbocycles. The summed E-state index contributed by atoms with van der Waals surface area (Å²) in [5.74, 6) is 1.42. The lowest BCUT2D eigenvalue weighted by Gasteiger charge is -2.33. The minimum atomic E-state index is 0.608. The van der Waals surface area contributed by atoms with Crippen LogP contribution in [0.4, 0.5) is 17.1 Å². The van der Waals surface area contributed by atoms with Crippen LogP contribution in [0.3, 0.4) is 0 Å². The molecule has 6 heteroatoms. The van der Waals surface area contributed by atoms with Crippen molar-refractivity contribution in [2.45, 2.75) is 9.79 Å². The Bertz CT molecular complexity index is 1950. The summed E-state index contributed by atoms with van der Waals surface area (Å²) in [6, 6.07) is 41.1. The van der Waals surface area contributed by atoms with Crippen molar-refractivity contribution in [3.8, 4) is 40.0 Å². The van der Waals surface area contributed by atoms with Gasteiger partial charge < -0.3 is 14.4 Å².